The maximum absolute atomic E-state index is 11.9. The smallest absolute Gasteiger partial charge is 0.0950 e. The van der Waals surface area contributed by atoms with E-state index in [1.807, 2.05) is 6.92 Å². The van der Waals surface area contributed by atoms with Crippen LogP contribution in [-0.4, -0.2) is 55.2 Å². The molecule has 0 bridgehead atoms. The highest BCUT2D eigenvalue weighted by atomic mass is 19.1. The lowest BCUT2D eigenvalue weighted by Crippen LogP contribution is -2.49. The van der Waals surface area contributed by atoms with Gasteiger partial charge in [-0.1, -0.05) is 0 Å². The Hall–Kier alpha value is -0.660. The van der Waals surface area contributed by atoms with E-state index in [4.69, 9.17) is 5.26 Å². The van der Waals surface area contributed by atoms with Gasteiger partial charge in [-0.05, 0) is 13.3 Å². The SMILES string of the molecule is CC(C#N)N1CCN(CCCF)CC1. The summed E-state index contributed by atoms with van der Waals surface area (Å²) in [5.41, 5.74) is 0. The average molecular weight is 199 g/mol. The molecule has 0 aromatic carbocycles. The van der Waals surface area contributed by atoms with Crippen molar-refractivity contribution in [2.75, 3.05) is 39.4 Å². The minimum Gasteiger partial charge on any atom is -0.301 e. The first-order valence-electron chi connectivity index (χ1n) is 5.20. The van der Waals surface area contributed by atoms with Crippen molar-refractivity contribution in [3.8, 4) is 6.07 Å². The van der Waals surface area contributed by atoms with Crippen LogP contribution in [0.2, 0.25) is 0 Å². The minimum absolute atomic E-state index is 0.0123. The number of hydrogen-bond acceptors (Lipinski definition) is 3. The van der Waals surface area contributed by atoms with Crippen LogP contribution in [-0.2, 0) is 0 Å². The zero-order chi connectivity index (χ0) is 10.4. The molecule has 1 atom stereocenters. The number of halogens is 1. The van der Waals surface area contributed by atoms with E-state index in [1.54, 1.807) is 0 Å². The molecule has 1 saturated heterocycles. The molecule has 1 unspecified atom stereocenters. The molecule has 1 fully saturated rings. The fourth-order valence-corrected chi connectivity index (χ4v) is 1.74. The van der Waals surface area contributed by atoms with Crippen molar-refractivity contribution >= 4 is 0 Å². The van der Waals surface area contributed by atoms with Crippen LogP contribution in [0.3, 0.4) is 0 Å². The highest BCUT2D eigenvalue weighted by molar-refractivity contribution is 4.90. The zero-order valence-electron chi connectivity index (χ0n) is 8.75. The van der Waals surface area contributed by atoms with Crippen molar-refractivity contribution in [3.63, 3.8) is 0 Å². The summed E-state index contributed by atoms with van der Waals surface area (Å²) >= 11 is 0. The van der Waals surface area contributed by atoms with Crippen LogP contribution in [0, 0.1) is 11.3 Å². The summed E-state index contributed by atoms with van der Waals surface area (Å²) in [6.45, 7) is 6.34. The molecule has 0 saturated carbocycles. The van der Waals surface area contributed by atoms with Crippen molar-refractivity contribution in [2.24, 2.45) is 0 Å². The predicted molar refractivity (Wildman–Crippen MR) is 53.7 cm³/mol. The highest BCUT2D eigenvalue weighted by Crippen LogP contribution is 2.05. The first-order chi connectivity index (χ1) is 6.77. The molecule has 4 heteroatoms. The van der Waals surface area contributed by atoms with E-state index in [1.165, 1.54) is 0 Å². The molecule has 3 nitrogen and oxygen atoms in total. The topological polar surface area (TPSA) is 30.3 Å². The number of alkyl halides is 1. The van der Waals surface area contributed by atoms with E-state index in [9.17, 15) is 4.39 Å². The molecule has 80 valence electrons. The third-order valence-corrected chi connectivity index (χ3v) is 2.75. The van der Waals surface area contributed by atoms with Crippen LogP contribution < -0.4 is 0 Å². The second-order valence-electron chi connectivity index (χ2n) is 3.73. The fourth-order valence-electron chi connectivity index (χ4n) is 1.74. The molecular formula is C10H18FN3. The van der Waals surface area contributed by atoms with Gasteiger partial charge in [0.25, 0.3) is 0 Å². The quantitative estimate of drug-likeness (QED) is 0.673. The highest BCUT2D eigenvalue weighted by Gasteiger charge is 2.19. The first kappa shape index (κ1) is 11.4. The lowest BCUT2D eigenvalue weighted by atomic mass is 10.2. The fraction of sp³-hybridized carbons (Fsp3) is 0.900. The maximum Gasteiger partial charge on any atom is 0.0950 e. The lowest BCUT2D eigenvalue weighted by Gasteiger charge is -2.35. The van der Waals surface area contributed by atoms with Gasteiger partial charge in [0.05, 0.1) is 18.8 Å². The van der Waals surface area contributed by atoms with Crippen molar-refractivity contribution in [3.05, 3.63) is 0 Å². The maximum atomic E-state index is 11.9. The van der Waals surface area contributed by atoms with E-state index in [0.29, 0.717) is 6.42 Å². The summed E-state index contributed by atoms with van der Waals surface area (Å²) < 4.78 is 11.9. The molecular weight excluding hydrogens is 181 g/mol. The number of nitriles is 1. The summed E-state index contributed by atoms with van der Waals surface area (Å²) in [6, 6.07) is 2.25. The number of piperazine rings is 1. The van der Waals surface area contributed by atoms with E-state index >= 15 is 0 Å². The summed E-state index contributed by atoms with van der Waals surface area (Å²) in [5, 5.41) is 8.74. The molecule has 0 amide bonds. The van der Waals surface area contributed by atoms with Crippen LogP contribution >= 0.6 is 0 Å². The molecule has 0 aromatic heterocycles. The first-order valence-corrected chi connectivity index (χ1v) is 5.20. The Labute approximate surface area is 85.1 Å². The molecule has 1 rings (SSSR count). The van der Waals surface area contributed by atoms with Gasteiger partial charge in [-0.3, -0.25) is 9.29 Å². The van der Waals surface area contributed by atoms with E-state index < -0.39 is 0 Å². The molecule has 0 spiro atoms. The Morgan fingerprint density at radius 2 is 2.00 bits per heavy atom. The van der Waals surface area contributed by atoms with Gasteiger partial charge in [-0.25, -0.2) is 0 Å². The van der Waals surface area contributed by atoms with Crippen molar-refractivity contribution < 1.29 is 4.39 Å². The Kier molecular flexibility index (Phi) is 4.85. The van der Waals surface area contributed by atoms with Gasteiger partial charge in [-0.15, -0.1) is 0 Å². The van der Waals surface area contributed by atoms with Crippen LogP contribution in [0.25, 0.3) is 0 Å². The van der Waals surface area contributed by atoms with Gasteiger partial charge in [0.1, 0.15) is 0 Å². The Morgan fingerprint density at radius 1 is 1.36 bits per heavy atom. The van der Waals surface area contributed by atoms with Gasteiger partial charge in [0.15, 0.2) is 0 Å². The third-order valence-electron chi connectivity index (χ3n) is 2.75. The summed E-state index contributed by atoms with van der Waals surface area (Å²) in [7, 11) is 0. The predicted octanol–water partition coefficient (Wildman–Crippen LogP) is 0.876. The molecule has 0 N–H and O–H groups in total. The molecule has 0 aliphatic carbocycles. The Bertz CT molecular complexity index is 194. The second kappa shape index (κ2) is 5.94. The molecule has 1 aliphatic rings. The molecule has 14 heavy (non-hydrogen) atoms. The second-order valence-corrected chi connectivity index (χ2v) is 3.73. The summed E-state index contributed by atoms with van der Waals surface area (Å²) in [5.74, 6) is 0. The van der Waals surface area contributed by atoms with Gasteiger partial charge < -0.3 is 4.90 Å². The molecule has 1 aliphatic heterocycles. The van der Waals surface area contributed by atoms with E-state index in [0.717, 1.165) is 32.7 Å². The zero-order valence-corrected chi connectivity index (χ0v) is 8.75. The minimum atomic E-state index is -0.227. The van der Waals surface area contributed by atoms with Crippen LogP contribution in [0.1, 0.15) is 13.3 Å². The van der Waals surface area contributed by atoms with Gasteiger partial charge in [-0.2, -0.15) is 5.26 Å². The Balaban J connectivity index is 2.21. The van der Waals surface area contributed by atoms with Gasteiger partial charge in [0.2, 0.25) is 0 Å². The summed E-state index contributed by atoms with van der Waals surface area (Å²) in [4.78, 5) is 4.44. The monoisotopic (exact) mass is 199 g/mol. The average Bonchev–Trinajstić information content (AvgIpc) is 2.26. The van der Waals surface area contributed by atoms with Crippen molar-refractivity contribution in [1.29, 1.82) is 5.26 Å². The van der Waals surface area contributed by atoms with E-state index in [-0.39, 0.29) is 12.7 Å². The molecule has 0 radical (unpaired) electrons. The third kappa shape index (κ3) is 3.24. The van der Waals surface area contributed by atoms with Crippen LogP contribution in [0.4, 0.5) is 4.39 Å². The normalized spacial score (nSPS) is 21.8. The molecule has 0 aromatic rings. The van der Waals surface area contributed by atoms with Gasteiger partial charge in [0, 0.05) is 32.7 Å². The molecule has 1 heterocycles. The number of rotatable bonds is 4. The largest absolute Gasteiger partial charge is 0.301 e. The van der Waals surface area contributed by atoms with E-state index in [2.05, 4.69) is 15.9 Å². The number of hydrogen-bond donors (Lipinski definition) is 0. The summed E-state index contributed by atoms with van der Waals surface area (Å²) in [6.07, 6.45) is 0.633. The van der Waals surface area contributed by atoms with Crippen LogP contribution in [0.5, 0.6) is 0 Å². The lowest BCUT2D eigenvalue weighted by molar-refractivity contribution is 0.116. The standard InChI is InChI=1S/C10H18FN3/c1-10(9-12)14-7-5-13(6-8-14)4-2-3-11/h10H,2-8H2,1H3. The van der Waals surface area contributed by atoms with Crippen LogP contribution in [0.15, 0.2) is 0 Å². The van der Waals surface area contributed by atoms with Crippen molar-refractivity contribution in [1.82, 2.24) is 9.80 Å². The Morgan fingerprint density at radius 3 is 2.50 bits per heavy atom. The number of nitrogens with zero attached hydrogens (tertiary/aromatic N) is 3. The van der Waals surface area contributed by atoms with Crippen molar-refractivity contribution in [2.45, 2.75) is 19.4 Å². The van der Waals surface area contributed by atoms with Gasteiger partial charge >= 0.3 is 0 Å².